The van der Waals surface area contributed by atoms with Gasteiger partial charge in [0.2, 0.25) is 0 Å². The number of piperidine rings is 2. The highest BCUT2D eigenvalue weighted by molar-refractivity contribution is 9.10. The van der Waals surface area contributed by atoms with Crippen LogP contribution in [0.1, 0.15) is 39.2 Å². The van der Waals surface area contributed by atoms with Crippen molar-refractivity contribution in [2.45, 2.75) is 69.4 Å². The number of hydrogen-bond donors (Lipinski definition) is 1. The monoisotopic (exact) mass is 416 g/mol. The number of rotatable bonds is 2. The minimum Gasteiger partial charge on any atom is -0.444 e. The van der Waals surface area contributed by atoms with Crippen LogP contribution in [0, 0.1) is 5.82 Å². The van der Waals surface area contributed by atoms with Crippen molar-refractivity contribution in [3.05, 3.63) is 34.1 Å². The molecule has 0 spiro atoms. The summed E-state index contributed by atoms with van der Waals surface area (Å²) in [7, 11) is 0. The van der Waals surface area contributed by atoms with Gasteiger partial charge in [0, 0.05) is 18.9 Å². The van der Waals surface area contributed by atoms with Crippen molar-refractivity contribution >= 4 is 22.0 Å². The molecule has 1 saturated carbocycles. The van der Waals surface area contributed by atoms with E-state index < -0.39 is 35.3 Å². The number of amides is 1. The van der Waals surface area contributed by atoms with E-state index >= 15 is 0 Å². The predicted octanol–water partition coefficient (Wildman–Crippen LogP) is 3.95. The quantitative estimate of drug-likeness (QED) is 0.793. The molecule has 2 heterocycles. The van der Waals surface area contributed by atoms with E-state index in [0.717, 1.165) is 0 Å². The second-order valence-corrected chi connectivity index (χ2v) is 8.85. The maximum Gasteiger partial charge on any atom is 0.410 e. The minimum absolute atomic E-state index is 0.147. The summed E-state index contributed by atoms with van der Waals surface area (Å²) in [6.45, 7) is 5.33. The molecule has 138 valence electrons. The molecule has 0 unspecified atom stereocenters. The number of carbonyl (C=O) groups excluding carboxylic acids is 1. The molecule has 2 aliphatic heterocycles. The first-order valence-electron chi connectivity index (χ1n) is 8.40. The first-order chi connectivity index (χ1) is 11.5. The summed E-state index contributed by atoms with van der Waals surface area (Å²) in [5, 5.41) is 0. The lowest BCUT2D eigenvalue weighted by Crippen LogP contribution is -2.76. The summed E-state index contributed by atoms with van der Waals surface area (Å²) in [6.07, 6.45) is 0.0546. The lowest BCUT2D eigenvalue weighted by molar-refractivity contribution is -0.127. The van der Waals surface area contributed by atoms with Crippen LogP contribution < -0.4 is 5.73 Å². The Kier molecular flexibility index (Phi) is 4.60. The van der Waals surface area contributed by atoms with Crippen LogP contribution in [0.2, 0.25) is 0 Å². The van der Waals surface area contributed by atoms with Gasteiger partial charge in [0.1, 0.15) is 17.1 Å². The fourth-order valence-corrected chi connectivity index (χ4v) is 4.14. The smallest absolute Gasteiger partial charge is 0.410 e. The van der Waals surface area contributed by atoms with E-state index in [2.05, 4.69) is 15.9 Å². The number of benzene rings is 1. The number of carbonyl (C=O) groups is 1. The first-order valence-corrected chi connectivity index (χ1v) is 9.20. The summed E-state index contributed by atoms with van der Waals surface area (Å²) in [5.74, 6) is -0.411. The molecule has 4 nitrogen and oxygen atoms in total. The number of hydrogen-bond acceptors (Lipinski definition) is 3. The van der Waals surface area contributed by atoms with Gasteiger partial charge in [-0.15, -0.1) is 0 Å². The van der Waals surface area contributed by atoms with Gasteiger partial charge < -0.3 is 10.5 Å². The number of nitrogens with zero attached hydrogens (tertiary/aromatic N) is 1. The van der Waals surface area contributed by atoms with Gasteiger partial charge in [0.15, 0.2) is 0 Å². The Morgan fingerprint density at radius 3 is 2.68 bits per heavy atom. The zero-order valence-corrected chi connectivity index (χ0v) is 16.1. The summed E-state index contributed by atoms with van der Waals surface area (Å²) in [6, 6.07) is 3.17. The van der Waals surface area contributed by atoms with E-state index in [1.807, 2.05) is 0 Å². The largest absolute Gasteiger partial charge is 0.444 e. The molecular formula is C18H23BrF2N2O2. The van der Waals surface area contributed by atoms with Gasteiger partial charge in [-0.1, -0.05) is 12.1 Å². The average Bonchev–Trinajstić information content (AvgIpc) is 2.45. The Bertz CT molecular complexity index is 686. The van der Waals surface area contributed by atoms with Gasteiger partial charge in [-0.2, -0.15) is 0 Å². The number of alkyl halides is 1. The van der Waals surface area contributed by atoms with Crippen LogP contribution in [0.3, 0.4) is 0 Å². The van der Waals surface area contributed by atoms with Crippen molar-refractivity contribution in [1.29, 1.82) is 0 Å². The molecular weight excluding hydrogens is 394 g/mol. The summed E-state index contributed by atoms with van der Waals surface area (Å²) in [5.41, 5.74) is 4.40. The second-order valence-electron chi connectivity index (χ2n) is 7.99. The van der Waals surface area contributed by atoms with Crippen LogP contribution in [0.15, 0.2) is 22.7 Å². The third-order valence-corrected chi connectivity index (χ3v) is 5.59. The molecule has 2 bridgehead atoms. The van der Waals surface area contributed by atoms with Crippen molar-refractivity contribution in [2.75, 3.05) is 0 Å². The summed E-state index contributed by atoms with van der Waals surface area (Å²) < 4.78 is 35.0. The Morgan fingerprint density at radius 2 is 2.08 bits per heavy atom. The van der Waals surface area contributed by atoms with Crippen LogP contribution in [0.4, 0.5) is 13.6 Å². The molecule has 0 aromatic heterocycles. The maximum atomic E-state index is 14.8. The normalized spacial score (nSPS) is 31.5. The predicted molar refractivity (Wildman–Crippen MR) is 94.5 cm³/mol. The highest BCUT2D eigenvalue weighted by Crippen LogP contribution is 2.49. The lowest BCUT2D eigenvalue weighted by Gasteiger charge is -2.59. The number of fused-ring (bicyclic) bond motifs is 2. The van der Waals surface area contributed by atoms with Crippen LogP contribution in [-0.2, 0) is 11.2 Å². The fourth-order valence-electron chi connectivity index (χ4n) is 3.74. The third-order valence-electron chi connectivity index (χ3n) is 4.98. The minimum atomic E-state index is -1.49. The topological polar surface area (TPSA) is 55.6 Å². The molecule has 1 aromatic rings. The van der Waals surface area contributed by atoms with E-state index in [0.29, 0.717) is 10.0 Å². The molecule has 1 amide bonds. The molecule has 2 N–H and O–H groups in total. The highest BCUT2D eigenvalue weighted by atomic mass is 79.9. The Labute approximate surface area is 154 Å². The Balaban J connectivity index is 1.89. The zero-order chi connectivity index (χ0) is 18.6. The van der Waals surface area contributed by atoms with Crippen molar-refractivity contribution in [1.82, 2.24) is 4.90 Å². The molecule has 7 heteroatoms. The molecule has 4 rings (SSSR count). The van der Waals surface area contributed by atoms with Crippen LogP contribution in [0.25, 0.3) is 0 Å². The van der Waals surface area contributed by atoms with E-state index in [4.69, 9.17) is 10.5 Å². The van der Waals surface area contributed by atoms with Gasteiger partial charge in [-0.05, 0) is 54.8 Å². The molecule has 1 aromatic carbocycles. The van der Waals surface area contributed by atoms with E-state index in [9.17, 15) is 13.6 Å². The fraction of sp³-hybridized carbons (Fsp3) is 0.611. The Morgan fingerprint density at radius 1 is 1.44 bits per heavy atom. The summed E-state index contributed by atoms with van der Waals surface area (Å²) >= 11 is 3.16. The summed E-state index contributed by atoms with van der Waals surface area (Å²) in [4.78, 5) is 14.2. The number of halogens is 3. The maximum absolute atomic E-state index is 14.8. The van der Waals surface area contributed by atoms with Crippen molar-refractivity contribution < 1.29 is 18.3 Å². The molecule has 3 fully saturated rings. The number of ether oxygens (including phenoxy) is 1. The molecule has 0 radical (unpaired) electrons. The van der Waals surface area contributed by atoms with Crippen molar-refractivity contribution in [2.24, 2.45) is 5.73 Å². The van der Waals surface area contributed by atoms with Crippen LogP contribution in [-0.4, -0.2) is 40.4 Å². The highest BCUT2D eigenvalue weighted by Gasteiger charge is 2.62. The third kappa shape index (κ3) is 3.40. The van der Waals surface area contributed by atoms with Crippen LogP contribution >= 0.6 is 15.9 Å². The van der Waals surface area contributed by atoms with Crippen molar-refractivity contribution in [3.63, 3.8) is 0 Å². The molecule has 1 aliphatic carbocycles. The van der Waals surface area contributed by atoms with E-state index in [1.165, 1.54) is 4.90 Å². The van der Waals surface area contributed by atoms with Crippen molar-refractivity contribution in [3.8, 4) is 0 Å². The molecule has 3 aliphatic rings. The average molecular weight is 417 g/mol. The first kappa shape index (κ1) is 18.6. The standard InChI is InChI=1S/C18H23BrF2N2O2/c1-17(2,3)25-16(24)23-11-8-18(21,9-11)15(22)13(23)7-10-5-4-6-12(19)14(10)20/h4-6,11,13,15H,7-9,22H2,1-3H3/t11?,13-,15+,18?/m0/s1. The second kappa shape index (κ2) is 6.20. The molecule has 2 saturated heterocycles. The lowest BCUT2D eigenvalue weighted by atomic mass is 9.64. The zero-order valence-electron chi connectivity index (χ0n) is 14.6. The van der Waals surface area contributed by atoms with Crippen LogP contribution in [0.5, 0.6) is 0 Å². The van der Waals surface area contributed by atoms with Gasteiger partial charge in [0.05, 0.1) is 16.6 Å². The van der Waals surface area contributed by atoms with E-state index in [1.54, 1.807) is 39.0 Å². The molecule has 25 heavy (non-hydrogen) atoms. The molecule has 2 atom stereocenters. The number of nitrogens with two attached hydrogens (primary N) is 1. The van der Waals surface area contributed by atoms with Gasteiger partial charge in [-0.25, -0.2) is 13.6 Å². The van der Waals surface area contributed by atoms with Gasteiger partial charge in [-0.3, -0.25) is 4.90 Å². The Hall–Kier alpha value is -1.21. The van der Waals surface area contributed by atoms with Gasteiger partial charge >= 0.3 is 6.09 Å². The SMILES string of the molecule is CC(C)(C)OC(=O)N1C2CC(F)(C2)[C@H](N)[C@@H]1Cc1cccc(Br)c1F. The van der Waals surface area contributed by atoms with E-state index in [-0.39, 0.29) is 25.3 Å². The van der Waals surface area contributed by atoms with Gasteiger partial charge in [0.25, 0.3) is 0 Å².